The summed E-state index contributed by atoms with van der Waals surface area (Å²) >= 11 is 1.84. The van der Waals surface area contributed by atoms with Gasteiger partial charge in [-0.1, -0.05) is 19.1 Å². The maximum Gasteiger partial charge on any atom is 0.0348 e. The van der Waals surface area contributed by atoms with Crippen LogP contribution >= 0.6 is 11.3 Å². The number of hydrogen-bond acceptors (Lipinski definition) is 2. The Hall–Kier alpha value is -0.860. The molecule has 0 bridgehead atoms. The Morgan fingerprint density at radius 1 is 1.36 bits per heavy atom. The lowest BCUT2D eigenvalue weighted by Crippen LogP contribution is -2.11. The smallest absolute Gasteiger partial charge is 0.0348 e. The van der Waals surface area contributed by atoms with Gasteiger partial charge in [0.25, 0.3) is 0 Å². The quantitative estimate of drug-likeness (QED) is 0.810. The summed E-state index contributed by atoms with van der Waals surface area (Å²) in [5, 5.41) is 7.03. The molecule has 1 nitrogen and oxygen atoms in total. The molecule has 1 aromatic heterocycles. The van der Waals surface area contributed by atoms with Crippen molar-refractivity contribution in [1.29, 1.82) is 0 Å². The second kappa shape index (κ2) is 4.11. The van der Waals surface area contributed by atoms with Gasteiger partial charge in [0, 0.05) is 11.2 Å². The summed E-state index contributed by atoms with van der Waals surface area (Å²) in [5.74, 6) is 0. The highest BCUT2D eigenvalue weighted by molar-refractivity contribution is 7.17. The Kier molecular flexibility index (Phi) is 2.85. The van der Waals surface area contributed by atoms with Gasteiger partial charge in [-0.15, -0.1) is 11.3 Å². The van der Waals surface area contributed by atoms with E-state index in [1.54, 1.807) is 0 Å². The average molecular weight is 205 g/mol. The van der Waals surface area contributed by atoms with Gasteiger partial charge >= 0.3 is 0 Å². The molecule has 74 valence electrons. The van der Waals surface area contributed by atoms with E-state index in [9.17, 15) is 0 Å². The molecule has 0 amide bonds. The fraction of sp³-hybridized carbons (Fsp3) is 0.333. The summed E-state index contributed by atoms with van der Waals surface area (Å²) in [4.78, 5) is 0. The Morgan fingerprint density at radius 2 is 2.21 bits per heavy atom. The molecular formula is C12H15NS. The molecule has 1 aromatic carbocycles. The van der Waals surface area contributed by atoms with E-state index in [0.717, 1.165) is 13.1 Å². The number of hydrogen-bond donors (Lipinski definition) is 1. The van der Waals surface area contributed by atoms with Crippen molar-refractivity contribution in [1.82, 2.24) is 5.32 Å². The summed E-state index contributed by atoms with van der Waals surface area (Å²) in [7, 11) is 0. The summed E-state index contributed by atoms with van der Waals surface area (Å²) in [5.41, 5.74) is 2.77. The third-order valence-electron chi connectivity index (χ3n) is 2.38. The monoisotopic (exact) mass is 205 g/mol. The fourth-order valence-electron chi connectivity index (χ4n) is 1.59. The number of nitrogens with one attached hydrogen (secondary N) is 1. The van der Waals surface area contributed by atoms with Crippen LogP contribution < -0.4 is 5.32 Å². The maximum atomic E-state index is 3.36. The van der Waals surface area contributed by atoms with Crippen LogP contribution in [0.1, 0.15) is 18.1 Å². The van der Waals surface area contributed by atoms with Crippen LogP contribution in [-0.2, 0) is 6.54 Å². The molecule has 0 saturated carbocycles. The minimum Gasteiger partial charge on any atom is -0.313 e. The Labute approximate surface area is 88.8 Å². The normalized spacial score (nSPS) is 11.0. The van der Waals surface area contributed by atoms with Crippen LogP contribution in [-0.4, -0.2) is 6.54 Å². The minimum atomic E-state index is 0.986. The summed E-state index contributed by atoms with van der Waals surface area (Å²) in [6.45, 7) is 6.30. The molecule has 0 atom stereocenters. The molecule has 1 N–H and O–H groups in total. The van der Waals surface area contributed by atoms with E-state index < -0.39 is 0 Å². The van der Waals surface area contributed by atoms with Crippen molar-refractivity contribution in [2.24, 2.45) is 0 Å². The van der Waals surface area contributed by atoms with E-state index in [1.807, 2.05) is 11.3 Å². The fourth-order valence-corrected chi connectivity index (χ4v) is 2.65. The standard InChI is InChI=1S/C12H15NS/c1-3-13-7-10-8-14-12-6-9(2)4-5-11(10)12/h4-6,8,13H,3,7H2,1-2H3. The second-order valence-corrected chi connectivity index (χ2v) is 4.45. The Balaban J connectivity index is 2.37. The third kappa shape index (κ3) is 1.81. The second-order valence-electron chi connectivity index (χ2n) is 3.54. The zero-order chi connectivity index (χ0) is 9.97. The van der Waals surface area contributed by atoms with Crippen molar-refractivity contribution in [2.75, 3.05) is 6.54 Å². The van der Waals surface area contributed by atoms with E-state index in [2.05, 4.69) is 42.7 Å². The van der Waals surface area contributed by atoms with Gasteiger partial charge in [-0.25, -0.2) is 0 Å². The van der Waals surface area contributed by atoms with Gasteiger partial charge in [0.05, 0.1) is 0 Å². The van der Waals surface area contributed by atoms with Crippen molar-refractivity contribution < 1.29 is 0 Å². The van der Waals surface area contributed by atoms with Crippen molar-refractivity contribution in [2.45, 2.75) is 20.4 Å². The third-order valence-corrected chi connectivity index (χ3v) is 3.37. The van der Waals surface area contributed by atoms with Gasteiger partial charge in [0.15, 0.2) is 0 Å². The van der Waals surface area contributed by atoms with Crippen molar-refractivity contribution >= 4 is 21.4 Å². The molecule has 0 aliphatic heterocycles. The number of aryl methyl sites for hydroxylation is 1. The molecular weight excluding hydrogens is 190 g/mol. The van der Waals surface area contributed by atoms with Gasteiger partial charge in [-0.2, -0.15) is 0 Å². The van der Waals surface area contributed by atoms with Crippen LogP contribution in [0.2, 0.25) is 0 Å². The molecule has 0 spiro atoms. The Morgan fingerprint density at radius 3 is 3.00 bits per heavy atom. The first-order chi connectivity index (χ1) is 6.81. The number of rotatable bonds is 3. The first-order valence-electron chi connectivity index (χ1n) is 4.98. The lowest BCUT2D eigenvalue weighted by Gasteiger charge is -2.00. The number of fused-ring (bicyclic) bond motifs is 1. The summed E-state index contributed by atoms with van der Waals surface area (Å²) in [6.07, 6.45) is 0. The van der Waals surface area contributed by atoms with Crippen LogP contribution in [0.5, 0.6) is 0 Å². The van der Waals surface area contributed by atoms with Crippen molar-refractivity contribution in [3.05, 3.63) is 34.7 Å². The molecule has 2 aromatic rings. The highest BCUT2D eigenvalue weighted by Gasteiger charge is 2.02. The predicted molar refractivity (Wildman–Crippen MR) is 63.9 cm³/mol. The summed E-state index contributed by atoms with van der Waals surface area (Å²) < 4.78 is 1.40. The average Bonchev–Trinajstić information content (AvgIpc) is 2.57. The molecule has 0 aliphatic rings. The minimum absolute atomic E-state index is 0.986. The van der Waals surface area contributed by atoms with E-state index >= 15 is 0 Å². The van der Waals surface area contributed by atoms with E-state index in [-0.39, 0.29) is 0 Å². The van der Waals surface area contributed by atoms with Crippen LogP contribution in [0.4, 0.5) is 0 Å². The molecule has 2 rings (SSSR count). The van der Waals surface area contributed by atoms with Crippen molar-refractivity contribution in [3.63, 3.8) is 0 Å². The molecule has 0 aliphatic carbocycles. The van der Waals surface area contributed by atoms with Crippen LogP contribution in [0, 0.1) is 6.92 Å². The lowest BCUT2D eigenvalue weighted by molar-refractivity contribution is 0.732. The SMILES string of the molecule is CCNCc1csc2cc(C)ccc12. The zero-order valence-electron chi connectivity index (χ0n) is 8.63. The maximum absolute atomic E-state index is 3.36. The van der Waals surface area contributed by atoms with Gasteiger partial charge in [0.2, 0.25) is 0 Å². The highest BCUT2D eigenvalue weighted by atomic mass is 32.1. The highest BCUT2D eigenvalue weighted by Crippen LogP contribution is 2.26. The van der Waals surface area contributed by atoms with Crippen LogP contribution in [0.15, 0.2) is 23.6 Å². The molecule has 0 unspecified atom stereocenters. The lowest BCUT2D eigenvalue weighted by atomic mass is 10.1. The molecule has 1 heterocycles. The molecule has 14 heavy (non-hydrogen) atoms. The van der Waals surface area contributed by atoms with Gasteiger partial charge < -0.3 is 5.32 Å². The van der Waals surface area contributed by atoms with Gasteiger partial charge in [-0.05, 0) is 41.4 Å². The Bertz CT molecular complexity index is 431. The first kappa shape index (κ1) is 9.69. The summed E-state index contributed by atoms with van der Waals surface area (Å²) in [6, 6.07) is 6.67. The van der Waals surface area contributed by atoms with Gasteiger partial charge in [0.1, 0.15) is 0 Å². The molecule has 2 heteroatoms. The molecule has 0 radical (unpaired) electrons. The molecule has 0 saturated heterocycles. The van der Waals surface area contributed by atoms with Gasteiger partial charge in [-0.3, -0.25) is 0 Å². The largest absolute Gasteiger partial charge is 0.313 e. The van der Waals surface area contributed by atoms with E-state index in [0.29, 0.717) is 0 Å². The van der Waals surface area contributed by atoms with Crippen molar-refractivity contribution in [3.8, 4) is 0 Å². The van der Waals surface area contributed by atoms with Crippen LogP contribution in [0.3, 0.4) is 0 Å². The molecule has 0 fully saturated rings. The predicted octanol–water partition coefficient (Wildman–Crippen LogP) is 3.32. The first-order valence-corrected chi connectivity index (χ1v) is 5.86. The number of benzene rings is 1. The van der Waals surface area contributed by atoms with E-state index in [4.69, 9.17) is 0 Å². The van der Waals surface area contributed by atoms with E-state index in [1.165, 1.54) is 21.2 Å². The van der Waals surface area contributed by atoms with Crippen LogP contribution in [0.25, 0.3) is 10.1 Å². The topological polar surface area (TPSA) is 12.0 Å². The zero-order valence-corrected chi connectivity index (χ0v) is 9.45. The number of thiophene rings is 1.